The lowest BCUT2D eigenvalue weighted by atomic mass is 10.0. The van der Waals surface area contributed by atoms with E-state index in [4.69, 9.17) is 0 Å². The molecule has 1 saturated heterocycles. The summed E-state index contributed by atoms with van der Waals surface area (Å²) in [5, 5.41) is 13.7. The zero-order valence-corrected chi connectivity index (χ0v) is 12.5. The van der Waals surface area contributed by atoms with Crippen LogP contribution in [0, 0.1) is 0 Å². The molecule has 1 amide bonds. The van der Waals surface area contributed by atoms with Gasteiger partial charge in [0.25, 0.3) is 0 Å². The second-order valence-electron chi connectivity index (χ2n) is 5.92. The molecule has 6 nitrogen and oxygen atoms in total. The van der Waals surface area contributed by atoms with Crippen molar-refractivity contribution in [2.24, 2.45) is 0 Å². The Morgan fingerprint density at radius 3 is 2.73 bits per heavy atom. The number of carbonyl (C=O) groups excluding carboxylic acids is 1. The number of β-amino-alcohol motifs (C(OH)–C–C–N with tert-alkyl or cyclic N) is 1. The predicted molar refractivity (Wildman–Crippen MR) is 71.9 cm³/mol. The molecule has 0 spiro atoms. The van der Waals surface area contributed by atoms with E-state index in [-0.39, 0.29) is 19.0 Å². The summed E-state index contributed by atoms with van der Waals surface area (Å²) in [6, 6.07) is 0.833. The summed E-state index contributed by atoms with van der Waals surface area (Å²) in [4.78, 5) is 15.4. The number of likely N-dealkylation sites (tertiary alicyclic amines) is 1. The van der Waals surface area contributed by atoms with Crippen LogP contribution in [0.2, 0.25) is 0 Å². The maximum atomic E-state index is 12.5. The van der Waals surface area contributed by atoms with Crippen LogP contribution in [-0.4, -0.2) is 69.9 Å². The van der Waals surface area contributed by atoms with Crippen LogP contribution >= 0.6 is 0 Å². The van der Waals surface area contributed by atoms with Gasteiger partial charge in [-0.15, -0.1) is 0 Å². The first-order chi connectivity index (χ1) is 10.1. The van der Waals surface area contributed by atoms with E-state index in [0.29, 0.717) is 19.5 Å². The average Bonchev–Trinajstić information content (AvgIpc) is 2.94. The number of carbonyl (C=O) groups is 1. The largest absolute Gasteiger partial charge is 0.435 e. The highest BCUT2D eigenvalue weighted by Gasteiger charge is 2.39. The zero-order valence-electron chi connectivity index (χ0n) is 12.5. The van der Waals surface area contributed by atoms with Crippen molar-refractivity contribution < 1.29 is 23.1 Å². The molecule has 1 aromatic heterocycles. The third-order valence-corrected chi connectivity index (χ3v) is 3.52. The Morgan fingerprint density at radius 1 is 1.50 bits per heavy atom. The topological polar surface area (TPSA) is 61.6 Å². The Bertz CT molecular complexity index is 544. The van der Waals surface area contributed by atoms with E-state index in [1.165, 1.54) is 4.90 Å². The molecule has 0 radical (unpaired) electrons. The lowest BCUT2D eigenvalue weighted by molar-refractivity contribution is -0.142. The van der Waals surface area contributed by atoms with Gasteiger partial charge in [-0.05, 0) is 26.6 Å². The fraction of sp³-hybridized carbons (Fsp3) is 0.692. The molecule has 0 aliphatic carbocycles. The number of aromatic nitrogens is 2. The summed E-state index contributed by atoms with van der Waals surface area (Å²) < 4.78 is 38.3. The summed E-state index contributed by atoms with van der Waals surface area (Å²) in [5.41, 5.74) is -1.99. The first-order valence-electron chi connectivity index (χ1n) is 6.85. The monoisotopic (exact) mass is 320 g/mol. The molecule has 1 aliphatic heterocycles. The second-order valence-corrected chi connectivity index (χ2v) is 5.92. The Kier molecular flexibility index (Phi) is 4.48. The van der Waals surface area contributed by atoms with Crippen molar-refractivity contribution in [3.63, 3.8) is 0 Å². The van der Waals surface area contributed by atoms with Crippen molar-refractivity contribution in [2.75, 3.05) is 33.7 Å². The van der Waals surface area contributed by atoms with Gasteiger partial charge < -0.3 is 14.9 Å². The van der Waals surface area contributed by atoms with Gasteiger partial charge in [0.05, 0.1) is 12.1 Å². The van der Waals surface area contributed by atoms with Crippen molar-refractivity contribution in [2.45, 2.75) is 24.7 Å². The third-order valence-electron chi connectivity index (χ3n) is 3.52. The molecule has 0 unspecified atom stereocenters. The highest BCUT2D eigenvalue weighted by atomic mass is 19.4. The number of halogens is 3. The number of nitrogens with zero attached hydrogens (tertiary/aromatic N) is 4. The quantitative estimate of drug-likeness (QED) is 0.874. The molecule has 1 fully saturated rings. The molecule has 1 N–H and O–H groups in total. The summed E-state index contributed by atoms with van der Waals surface area (Å²) >= 11 is 0. The molecule has 1 aliphatic rings. The van der Waals surface area contributed by atoms with Crippen LogP contribution in [-0.2, 0) is 17.5 Å². The summed E-state index contributed by atoms with van der Waals surface area (Å²) in [6.07, 6.45) is -2.94. The number of hydrogen-bond donors (Lipinski definition) is 1. The number of hydrogen-bond acceptors (Lipinski definition) is 4. The van der Waals surface area contributed by atoms with Gasteiger partial charge in [0.1, 0.15) is 6.54 Å². The standard InChI is InChI=1S/C13H19F3N4O2/c1-18(2)8-12(22)4-6-19(9-12)11(21)7-20-5-3-10(17-20)13(14,15)16/h3,5,22H,4,6-9H2,1-2H3/t12-/m1/s1. The smallest absolute Gasteiger partial charge is 0.387 e. The highest BCUT2D eigenvalue weighted by Crippen LogP contribution is 2.27. The number of likely N-dealkylation sites (N-methyl/N-ethyl adjacent to an activating group) is 1. The lowest BCUT2D eigenvalue weighted by Gasteiger charge is -2.26. The molecule has 9 heteroatoms. The van der Waals surface area contributed by atoms with Crippen LogP contribution in [0.15, 0.2) is 12.3 Å². The van der Waals surface area contributed by atoms with Crippen molar-refractivity contribution >= 4 is 5.91 Å². The van der Waals surface area contributed by atoms with Gasteiger partial charge in [0.15, 0.2) is 5.69 Å². The molecule has 1 aromatic rings. The van der Waals surface area contributed by atoms with Gasteiger partial charge in [0.2, 0.25) is 5.91 Å². The van der Waals surface area contributed by atoms with Crippen molar-refractivity contribution in [1.29, 1.82) is 0 Å². The molecule has 0 saturated carbocycles. The third kappa shape index (κ3) is 3.98. The van der Waals surface area contributed by atoms with Gasteiger partial charge in [-0.3, -0.25) is 9.48 Å². The minimum absolute atomic E-state index is 0.178. The molecule has 22 heavy (non-hydrogen) atoms. The molecular weight excluding hydrogens is 301 g/mol. The van der Waals surface area contributed by atoms with Crippen LogP contribution in [0.4, 0.5) is 13.2 Å². The second kappa shape index (κ2) is 5.88. The van der Waals surface area contributed by atoms with E-state index < -0.39 is 17.5 Å². The molecule has 0 bridgehead atoms. The first kappa shape index (κ1) is 16.8. The number of alkyl halides is 3. The van der Waals surface area contributed by atoms with Crippen molar-refractivity contribution in [3.8, 4) is 0 Å². The maximum absolute atomic E-state index is 12.5. The van der Waals surface area contributed by atoms with Crippen LogP contribution in [0.3, 0.4) is 0 Å². The summed E-state index contributed by atoms with van der Waals surface area (Å²) in [6.45, 7) is 0.721. The fourth-order valence-electron chi connectivity index (χ4n) is 2.63. The zero-order chi connectivity index (χ0) is 16.5. The SMILES string of the molecule is CN(C)C[C@]1(O)CCN(C(=O)Cn2ccc(C(F)(F)F)n2)C1. The average molecular weight is 320 g/mol. The molecule has 124 valence electrons. The van der Waals surface area contributed by atoms with E-state index >= 15 is 0 Å². The minimum Gasteiger partial charge on any atom is -0.387 e. The van der Waals surface area contributed by atoms with Crippen LogP contribution in [0.1, 0.15) is 12.1 Å². The van der Waals surface area contributed by atoms with Crippen molar-refractivity contribution in [3.05, 3.63) is 18.0 Å². The predicted octanol–water partition coefficient (Wildman–Crippen LogP) is 0.427. The number of aliphatic hydroxyl groups is 1. The summed E-state index contributed by atoms with van der Waals surface area (Å²) in [7, 11) is 3.65. The van der Waals surface area contributed by atoms with Crippen LogP contribution in [0.25, 0.3) is 0 Å². The Balaban J connectivity index is 1.95. The van der Waals surface area contributed by atoms with Gasteiger partial charge >= 0.3 is 6.18 Å². The van der Waals surface area contributed by atoms with E-state index in [9.17, 15) is 23.1 Å². The molecular formula is C13H19F3N4O2. The number of amides is 1. The Labute approximate surface area is 126 Å². The van der Waals surface area contributed by atoms with Crippen LogP contribution in [0.5, 0.6) is 0 Å². The maximum Gasteiger partial charge on any atom is 0.435 e. The Hall–Kier alpha value is -1.61. The van der Waals surface area contributed by atoms with Gasteiger partial charge in [-0.1, -0.05) is 0 Å². The highest BCUT2D eigenvalue weighted by molar-refractivity contribution is 5.76. The normalized spacial score (nSPS) is 22.6. The molecule has 0 aromatic carbocycles. The molecule has 1 atom stereocenters. The van der Waals surface area contributed by atoms with Crippen molar-refractivity contribution in [1.82, 2.24) is 19.6 Å². The van der Waals surface area contributed by atoms with E-state index in [1.807, 2.05) is 19.0 Å². The van der Waals surface area contributed by atoms with Gasteiger partial charge in [0, 0.05) is 19.3 Å². The van der Waals surface area contributed by atoms with Gasteiger partial charge in [-0.2, -0.15) is 18.3 Å². The fourth-order valence-corrected chi connectivity index (χ4v) is 2.63. The van der Waals surface area contributed by atoms with E-state index in [2.05, 4.69) is 5.10 Å². The minimum atomic E-state index is -4.52. The van der Waals surface area contributed by atoms with Gasteiger partial charge in [-0.25, -0.2) is 0 Å². The number of rotatable bonds is 4. The molecule has 2 heterocycles. The summed E-state index contributed by atoms with van der Waals surface area (Å²) in [5.74, 6) is -0.355. The van der Waals surface area contributed by atoms with Crippen LogP contribution < -0.4 is 0 Å². The lowest BCUT2D eigenvalue weighted by Crippen LogP contribution is -2.44. The van der Waals surface area contributed by atoms with E-state index in [0.717, 1.165) is 16.9 Å². The Morgan fingerprint density at radius 2 is 2.18 bits per heavy atom. The molecule has 2 rings (SSSR count). The van der Waals surface area contributed by atoms with E-state index in [1.54, 1.807) is 0 Å². The first-order valence-corrected chi connectivity index (χ1v) is 6.85.